The first-order valence-corrected chi connectivity index (χ1v) is 9.66. The van der Waals surface area contributed by atoms with Crippen LogP contribution in [-0.4, -0.2) is 38.9 Å². The lowest BCUT2D eigenvalue weighted by Gasteiger charge is -2.22. The molecule has 0 aliphatic carbocycles. The number of hydrogen-bond donors (Lipinski definition) is 3. The summed E-state index contributed by atoms with van der Waals surface area (Å²) < 4.78 is 7.14. The molecule has 3 N–H and O–H groups in total. The van der Waals surface area contributed by atoms with Gasteiger partial charge >= 0.3 is 0 Å². The minimum Gasteiger partial charge on any atom is -0.466 e. The molecule has 1 unspecified atom stereocenters. The van der Waals surface area contributed by atoms with Crippen LogP contribution in [0.25, 0.3) is 5.82 Å². The van der Waals surface area contributed by atoms with Crippen LogP contribution in [0.4, 0.5) is 0 Å². The fourth-order valence-electron chi connectivity index (χ4n) is 2.94. The van der Waals surface area contributed by atoms with E-state index >= 15 is 0 Å². The van der Waals surface area contributed by atoms with Gasteiger partial charge in [-0.2, -0.15) is 5.10 Å². The lowest BCUT2D eigenvalue weighted by molar-refractivity contribution is 0.0386. The Kier molecular flexibility index (Phi) is 6.33. The highest BCUT2D eigenvalue weighted by atomic mass is 16.4. The monoisotopic (exact) mass is 396 g/mol. The SMILES string of the molecule is CCNC(=NCc1ccc(-n2nc(C)cc2C)nc1)NCC(C)(O)c1ccco1. The van der Waals surface area contributed by atoms with Gasteiger partial charge < -0.3 is 20.2 Å². The zero-order chi connectivity index (χ0) is 20.9. The smallest absolute Gasteiger partial charge is 0.191 e. The average Bonchev–Trinajstić information content (AvgIpc) is 3.35. The number of nitrogens with zero attached hydrogens (tertiary/aromatic N) is 4. The maximum atomic E-state index is 10.6. The minimum absolute atomic E-state index is 0.265. The van der Waals surface area contributed by atoms with Gasteiger partial charge in [0.05, 0.1) is 25.0 Å². The van der Waals surface area contributed by atoms with Gasteiger partial charge in [-0.25, -0.2) is 14.7 Å². The van der Waals surface area contributed by atoms with Crippen molar-refractivity contribution >= 4 is 5.96 Å². The highest BCUT2D eigenvalue weighted by Crippen LogP contribution is 2.19. The molecule has 3 rings (SSSR count). The van der Waals surface area contributed by atoms with Crippen molar-refractivity contribution in [1.82, 2.24) is 25.4 Å². The highest BCUT2D eigenvalue weighted by molar-refractivity contribution is 5.79. The second kappa shape index (κ2) is 8.91. The van der Waals surface area contributed by atoms with E-state index in [1.54, 1.807) is 31.5 Å². The number of aromatic nitrogens is 3. The number of aliphatic hydroxyl groups is 1. The van der Waals surface area contributed by atoms with Crippen molar-refractivity contribution in [3.63, 3.8) is 0 Å². The second-order valence-corrected chi connectivity index (χ2v) is 7.16. The van der Waals surface area contributed by atoms with Gasteiger partial charge in [-0.15, -0.1) is 0 Å². The van der Waals surface area contributed by atoms with Gasteiger partial charge in [-0.3, -0.25) is 0 Å². The van der Waals surface area contributed by atoms with Crippen molar-refractivity contribution in [2.75, 3.05) is 13.1 Å². The fourth-order valence-corrected chi connectivity index (χ4v) is 2.94. The van der Waals surface area contributed by atoms with Gasteiger partial charge in [0.1, 0.15) is 11.4 Å². The quantitative estimate of drug-likeness (QED) is 0.419. The molecule has 0 amide bonds. The number of aryl methyl sites for hydroxylation is 2. The largest absolute Gasteiger partial charge is 0.466 e. The zero-order valence-corrected chi connectivity index (χ0v) is 17.3. The molecule has 0 saturated carbocycles. The molecule has 1 atom stereocenters. The summed E-state index contributed by atoms with van der Waals surface area (Å²) in [5, 5.41) is 21.4. The van der Waals surface area contributed by atoms with Gasteiger partial charge in [0.15, 0.2) is 11.8 Å². The molecule has 0 radical (unpaired) electrons. The maximum Gasteiger partial charge on any atom is 0.191 e. The summed E-state index contributed by atoms with van der Waals surface area (Å²) in [5.74, 6) is 1.90. The zero-order valence-electron chi connectivity index (χ0n) is 17.3. The van der Waals surface area contributed by atoms with Crippen molar-refractivity contribution in [2.45, 2.75) is 39.8 Å². The van der Waals surface area contributed by atoms with Gasteiger partial charge in [0, 0.05) is 18.4 Å². The Morgan fingerprint density at radius 1 is 1.28 bits per heavy atom. The Labute approximate surface area is 170 Å². The third-order valence-electron chi connectivity index (χ3n) is 4.45. The van der Waals surface area contributed by atoms with Crippen molar-refractivity contribution < 1.29 is 9.52 Å². The Hall–Kier alpha value is -3.13. The number of nitrogens with one attached hydrogen (secondary N) is 2. The van der Waals surface area contributed by atoms with E-state index in [9.17, 15) is 5.11 Å². The Balaban J connectivity index is 1.64. The summed E-state index contributed by atoms with van der Waals surface area (Å²) >= 11 is 0. The standard InChI is InChI=1S/C21H28N6O2/c1-5-22-20(25-14-21(4,28)18-7-6-10-29-18)24-13-17-8-9-19(23-12-17)27-16(3)11-15(2)26-27/h6-12,28H,5,13-14H2,1-4H3,(H2,22,24,25). The van der Waals surface area contributed by atoms with E-state index in [0.717, 1.165) is 22.8 Å². The summed E-state index contributed by atoms with van der Waals surface area (Å²) in [6.07, 6.45) is 3.35. The van der Waals surface area contributed by atoms with Gasteiger partial charge in [0.25, 0.3) is 0 Å². The first-order chi connectivity index (χ1) is 13.9. The number of rotatable bonds is 7. The van der Waals surface area contributed by atoms with E-state index < -0.39 is 5.60 Å². The summed E-state index contributed by atoms with van der Waals surface area (Å²) in [6.45, 7) is 9.10. The van der Waals surface area contributed by atoms with Crippen LogP contribution in [0.3, 0.4) is 0 Å². The molecule has 29 heavy (non-hydrogen) atoms. The van der Waals surface area contributed by atoms with Crippen LogP contribution in [-0.2, 0) is 12.1 Å². The molecule has 0 spiro atoms. The lowest BCUT2D eigenvalue weighted by atomic mass is 10.0. The summed E-state index contributed by atoms with van der Waals surface area (Å²) in [6, 6.07) is 9.46. The maximum absolute atomic E-state index is 10.6. The van der Waals surface area contributed by atoms with Gasteiger partial charge in [0.2, 0.25) is 0 Å². The normalized spacial score (nSPS) is 13.9. The van der Waals surface area contributed by atoms with Crippen LogP contribution >= 0.6 is 0 Å². The van der Waals surface area contributed by atoms with Gasteiger partial charge in [-0.05, 0) is 57.5 Å². The van der Waals surface area contributed by atoms with Crippen molar-refractivity contribution in [3.8, 4) is 5.82 Å². The van der Waals surface area contributed by atoms with Crippen LogP contribution in [0.15, 0.2) is 52.2 Å². The number of pyridine rings is 1. The van der Waals surface area contributed by atoms with Crippen molar-refractivity contribution in [1.29, 1.82) is 0 Å². The van der Waals surface area contributed by atoms with E-state index in [1.165, 1.54) is 0 Å². The molecule has 154 valence electrons. The minimum atomic E-state index is -1.14. The topological polar surface area (TPSA) is 100 Å². The lowest BCUT2D eigenvalue weighted by Crippen LogP contribution is -2.44. The molecule has 0 fully saturated rings. The van der Waals surface area contributed by atoms with Gasteiger partial charge in [-0.1, -0.05) is 6.07 Å². The van der Waals surface area contributed by atoms with E-state index in [0.29, 0.717) is 24.8 Å². The molecule has 8 heteroatoms. The summed E-state index contributed by atoms with van der Waals surface area (Å²) in [5.41, 5.74) is 1.85. The van der Waals surface area contributed by atoms with Crippen LogP contribution < -0.4 is 10.6 Å². The Morgan fingerprint density at radius 3 is 2.69 bits per heavy atom. The molecular weight excluding hydrogens is 368 g/mol. The molecule has 0 aliphatic rings. The number of aliphatic imine (C=N–C) groups is 1. The van der Waals surface area contributed by atoms with Crippen LogP contribution in [0.2, 0.25) is 0 Å². The molecule has 8 nitrogen and oxygen atoms in total. The summed E-state index contributed by atoms with van der Waals surface area (Å²) in [4.78, 5) is 9.09. The molecule has 0 aliphatic heterocycles. The molecule has 0 aromatic carbocycles. The first-order valence-electron chi connectivity index (χ1n) is 9.66. The van der Waals surface area contributed by atoms with E-state index in [1.807, 2.05) is 43.7 Å². The molecule has 0 saturated heterocycles. The number of guanidine groups is 1. The summed E-state index contributed by atoms with van der Waals surface area (Å²) in [7, 11) is 0. The predicted octanol–water partition coefficient (Wildman–Crippen LogP) is 2.44. The fraction of sp³-hybridized carbons (Fsp3) is 0.381. The van der Waals surface area contributed by atoms with Crippen LogP contribution in [0.5, 0.6) is 0 Å². The first kappa shape index (κ1) is 20.6. The van der Waals surface area contributed by atoms with Crippen molar-refractivity contribution in [2.24, 2.45) is 4.99 Å². The molecule has 3 heterocycles. The van der Waals surface area contributed by atoms with Crippen LogP contribution in [0.1, 0.15) is 36.6 Å². The third kappa shape index (κ3) is 5.23. The van der Waals surface area contributed by atoms with E-state index in [2.05, 4.69) is 25.7 Å². The molecular formula is C21H28N6O2. The predicted molar refractivity (Wildman–Crippen MR) is 112 cm³/mol. The molecule has 3 aromatic heterocycles. The molecule has 0 bridgehead atoms. The van der Waals surface area contributed by atoms with E-state index in [-0.39, 0.29) is 6.54 Å². The number of hydrogen-bond acceptors (Lipinski definition) is 5. The number of furan rings is 1. The van der Waals surface area contributed by atoms with E-state index in [4.69, 9.17) is 4.42 Å². The third-order valence-corrected chi connectivity index (χ3v) is 4.45. The average molecular weight is 396 g/mol. The highest BCUT2D eigenvalue weighted by Gasteiger charge is 2.26. The second-order valence-electron chi connectivity index (χ2n) is 7.16. The Bertz CT molecular complexity index is 942. The van der Waals surface area contributed by atoms with Crippen molar-refractivity contribution in [3.05, 3.63) is 65.5 Å². The molecule has 3 aromatic rings. The van der Waals surface area contributed by atoms with Crippen LogP contribution in [0, 0.1) is 13.8 Å². The Morgan fingerprint density at radius 2 is 2.10 bits per heavy atom.